The van der Waals surface area contributed by atoms with Crippen LogP contribution in [-0.2, 0) is 12.0 Å². The number of para-hydroxylation sites is 1. The van der Waals surface area contributed by atoms with Crippen molar-refractivity contribution in [3.05, 3.63) is 65.9 Å². The molecule has 3 aromatic rings. The van der Waals surface area contributed by atoms with Crippen molar-refractivity contribution in [1.29, 1.82) is 0 Å². The summed E-state index contributed by atoms with van der Waals surface area (Å²) < 4.78 is 10.8. The molecule has 0 aliphatic carbocycles. The van der Waals surface area contributed by atoms with E-state index in [9.17, 15) is 0 Å². The highest BCUT2D eigenvalue weighted by atomic mass is 16.5. The number of aromatic nitrogens is 1. The normalized spacial score (nSPS) is 12.0. The summed E-state index contributed by atoms with van der Waals surface area (Å²) in [6, 6.07) is 16.2. The number of nitrogens with one attached hydrogen (secondary N) is 2. The Morgan fingerprint density at radius 3 is 2.52 bits per heavy atom. The number of hydrogen-bond donors (Lipinski definition) is 2. The second-order valence-corrected chi connectivity index (χ2v) is 7.99. The number of rotatable bonds is 8. The Hall–Kier alpha value is -3.28. The van der Waals surface area contributed by atoms with Gasteiger partial charge in [0.25, 0.3) is 0 Å². The molecule has 0 aliphatic rings. The molecule has 0 spiro atoms. The van der Waals surface area contributed by atoms with E-state index in [1.54, 1.807) is 14.2 Å². The number of guanidine groups is 1. The highest BCUT2D eigenvalue weighted by molar-refractivity contribution is 5.83. The van der Waals surface area contributed by atoms with Gasteiger partial charge in [-0.2, -0.15) is 0 Å². The molecular weight excluding hydrogens is 388 g/mol. The predicted octanol–water partition coefficient (Wildman–Crippen LogP) is 4.28. The maximum atomic E-state index is 5.47. The summed E-state index contributed by atoms with van der Waals surface area (Å²) >= 11 is 0. The topological polar surface area (TPSA) is 67.8 Å². The van der Waals surface area contributed by atoms with Crippen LogP contribution in [0, 0.1) is 0 Å². The minimum absolute atomic E-state index is 0.140. The minimum atomic E-state index is -0.140. The van der Waals surface area contributed by atoms with Gasteiger partial charge in [0, 0.05) is 30.1 Å². The molecule has 31 heavy (non-hydrogen) atoms. The van der Waals surface area contributed by atoms with Crippen molar-refractivity contribution >= 4 is 16.9 Å². The van der Waals surface area contributed by atoms with Crippen LogP contribution < -0.4 is 20.1 Å². The summed E-state index contributed by atoms with van der Waals surface area (Å²) in [5.41, 5.74) is 3.16. The molecule has 6 heteroatoms. The van der Waals surface area contributed by atoms with Gasteiger partial charge in [-0.3, -0.25) is 4.98 Å². The lowest BCUT2D eigenvalue weighted by Gasteiger charge is -2.27. The molecular formula is C25H32N4O2. The lowest BCUT2D eigenvalue weighted by molar-refractivity contribution is 0.353. The van der Waals surface area contributed by atoms with Crippen LogP contribution in [0.4, 0.5) is 0 Å². The molecule has 0 unspecified atom stereocenters. The van der Waals surface area contributed by atoms with Gasteiger partial charge in [0.15, 0.2) is 17.5 Å². The van der Waals surface area contributed by atoms with E-state index in [1.807, 2.05) is 42.6 Å². The fraction of sp³-hybridized carbons (Fsp3) is 0.360. The molecule has 0 aliphatic heterocycles. The molecule has 0 atom stereocenters. The monoisotopic (exact) mass is 420 g/mol. The maximum absolute atomic E-state index is 5.47. The van der Waals surface area contributed by atoms with Gasteiger partial charge >= 0.3 is 0 Å². The molecule has 2 aromatic carbocycles. The summed E-state index contributed by atoms with van der Waals surface area (Å²) in [5.74, 6) is 2.25. The first kappa shape index (κ1) is 22.4. The smallest absolute Gasteiger partial charge is 0.191 e. The predicted molar refractivity (Wildman–Crippen MR) is 127 cm³/mol. The van der Waals surface area contributed by atoms with E-state index in [4.69, 9.17) is 14.5 Å². The maximum Gasteiger partial charge on any atom is 0.191 e. The largest absolute Gasteiger partial charge is 0.493 e. The van der Waals surface area contributed by atoms with Gasteiger partial charge in [0.05, 0.1) is 26.3 Å². The van der Waals surface area contributed by atoms with Gasteiger partial charge in [-0.15, -0.1) is 0 Å². The van der Waals surface area contributed by atoms with Crippen molar-refractivity contribution in [3.8, 4) is 11.5 Å². The van der Waals surface area contributed by atoms with Crippen LogP contribution in [-0.4, -0.2) is 38.3 Å². The lowest BCUT2D eigenvalue weighted by atomic mass is 9.84. The summed E-state index contributed by atoms with van der Waals surface area (Å²) in [4.78, 5) is 9.25. The van der Waals surface area contributed by atoms with Gasteiger partial charge in [-0.05, 0) is 42.3 Å². The van der Waals surface area contributed by atoms with Crippen molar-refractivity contribution in [2.45, 2.75) is 32.7 Å². The highest BCUT2D eigenvalue weighted by Crippen LogP contribution is 2.32. The first-order valence-corrected chi connectivity index (χ1v) is 10.6. The molecule has 1 aromatic heterocycles. The van der Waals surface area contributed by atoms with Crippen LogP contribution in [0.2, 0.25) is 0 Å². The Labute approximate surface area is 184 Å². The van der Waals surface area contributed by atoms with Crippen LogP contribution in [0.15, 0.2) is 59.7 Å². The molecule has 0 saturated heterocycles. The van der Waals surface area contributed by atoms with Gasteiger partial charge in [-0.25, -0.2) is 4.99 Å². The standard InChI is InChI=1S/C25H32N4O2/c1-6-26-24(28-16-18-13-14-27-21-10-8-7-9-20(18)21)29-17-25(2,3)19-11-12-22(30-4)23(15-19)31-5/h7-15H,6,16-17H2,1-5H3,(H2,26,28,29). The molecule has 3 rings (SSSR count). The SMILES string of the molecule is CCNC(=NCc1ccnc2ccccc12)NCC(C)(C)c1ccc(OC)c(OC)c1. The van der Waals surface area contributed by atoms with Crippen molar-refractivity contribution in [2.24, 2.45) is 4.99 Å². The number of hydrogen-bond acceptors (Lipinski definition) is 4. The number of aliphatic imine (C=N–C) groups is 1. The second kappa shape index (κ2) is 10.2. The van der Waals surface area contributed by atoms with E-state index >= 15 is 0 Å². The van der Waals surface area contributed by atoms with E-state index < -0.39 is 0 Å². The number of ether oxygens (including phenoxy) is 2. The molecule has 0 bridgehead atoms. The van der Waals surface area contributed by atoms with Crippen molar-refractivity contribution in [3.63, 3.8) is 0 Å². The van der Waals surface area contributed by atoms with E-state index in [1.165, 1.54) is 0 Å². The minimum Gasteiger partial charge on any atom is -0.493 e. The Kier molecular flexibility index (Phi) is 7.34. The highest BCUT2D eigenvalue weighted by Gasteiger charge is 2.22. The molecule has 6 nitrogen and oxygen atoms in total. The van der Waals surface area contributed by atoms with Gasteiger partial charge in [-0.1, -0.05) is 38.1 Å². The molecule has 0 radical (unpaired) electrons. The third-order valence-corrected chi connectivity index (χ3v) is 5.35. The molecule has 164 valence electrons. The summed E-state index contributed by atoms with van der Waals surface area (Å²) in [6.45, 7) is 8.54. The fourth-order valence-electron chi connectivity index (χ4n) is 3.46. The van der Waals surface area contributed by atoms with E-state index in [2.05, 4.69) is 48.5 Å². The number of fused-ring (bicyclic) bond motifs is 1. The van der Waals surface area contributed by atoms with E-state index in [-0.39, 0.29) is 5.41 Å². The van der Waals surface area contributed by atoms with Crippen LogP contribution >= 0.6 is 0 Å². The van der Waals surface area contributed by atoms with Crippen molar-refractivity contribution in [2.75, 3.05) is 27.3 Å². The Bertz CT molecular complexity index is 1040. The third-order valence-electron chi connectivity index (χ3n) is 5.35. The average molecular weight is 421 g/mol. The number of nitrogens with zero attached hydrogens (tertiary/aromatic N) is 2. The second-order valence-electron chi connectivity index (χ2n) is 7.99. The zero-order valence-corrected chi connectivity index (χ0v) is 19.0. The zero-order chi connectivity index (χ0) is 22.3. The van der Waals surface area contributed by atoms with Crippen LogP contribution in [0.1, 0.15) is 31.9 Å². The lowest BCUT2D eigenvalue weighted by Crippen LogP contribution is -2.43. The summed E-state index contributed by atoms with van der Waals surface area (Å²) in [5, 5.41) is 7.97. The fourth-order valence-corrected chi connectivity index (χ4v) is 3.46. The van der Waals surface area contributed by atoms with Crippen LogP contribution in [0.5, 0.6) is 11.5 Å². The van der Waals surface area contributed by atoms with Crippen LogP contribution in [0.3, 0.4) is 0 Å². The first-order valence-electron chi connectivity index (χ1n) is 10.6. The van der Waals surface area contributed by atoms with E-state index in [0.717, 1.165) is 46.0 Å². The summed E-state index contributed by atoms with van der Waals surface area (Å²) in [7, 11) is 3.31. The molecule has 0 amide bonds. The van der Waals surface area contributed by atoms with Gasteiger partial charge in [0.1, 0.15) is 0 Å². The van der Waals surface area contributed by atoms with Crippen LogP contribution in [0.25, 0.3) is 10.9 Å². The van der Waals surface area contributed by atoms with Gasteiger partial charge < -0.3 is 20.1 Å². The molecule has 2 N–H and O–H groups in total. The Morgan fingerprint density at radius 2 is 1.77 bits per heavy atom. The third kappa shape index (κ3) is 5.45. The summed E-state index contributed by atoms with van der Waals surface area (Å²) in [6.07, 6.45) is 1.84. The Balaban J connectivity index is 1.75. The average Bonchev–Trinajstić information content (AvgIpc) is 2.80. The van der Waals surface area contributed by atoms with Gasteiger partial charge in [0.2, 0.25) is 0 Å². The van der Waals surface area contributed by atoms with E-state index in [0.29, 0.717) is 13.1 Å². The quantitative estimate of drug-likeness (QED) is 0.420. The Morgan fingerprint density at radius 1 is 1.00 bits per heavy atom. The van der Waals surface area contributed by atoms with Crippen molar-refractivity contribution in [1.82, 2.24) is 15.6 Å². The first-order chi connectivity index (χ1) is 15.0. The number of benzene rings is 2. The number of methoxy groups -OCH3 is 2. The molecule has 0 fully saturated rings. The van der Waals surface area contributed by atoms with Crippen molar-refractivity contribution < 1.29 is 9.47 Å². The number of pyridine rings is 1. The molecule has 0 saturated carbocycles. The molecule has 1 heterocycles. The zero-order valence-electron chi connectivity index (χ0n) is 19.0.